The third-order valence-corrected chi connectivity index (χ3v) is 3.28. The third-order valence-electron chi connectivity index (χ3n) is 3.28. The molecule has 0 bridgehead atoms. The zero-order valence-electron chi connectivity index (χ0n) is 12.5. The number of alkyl halides is 3. The summed E-state index contributed by atoms with van der Waals surface area (Å²) < 4.78 is 38.4. The number of rotatable bonds is 6. The highest BCUT2D eigenvalue weighted by Crippen LogP contribution is 2.32. The molecule has 1 rings (SSSR count). The maximum atomic E-state index is 12.8. The van der Waals surface area contributed by atoms with Crippen LogP contribution >= 0.6 is 0 Å². The van der Waals surface area contributed by atoms with E-state index in [2.05, 4.69) is 10.6 Å². The van der Waals surface area contributed by atoms with Gasteiger partial charge in [0.25, 0.3) is 5.91 Å². The van der Waals surface area contributed by atoms with Gasteiger partial charge in [0.2, 0.25) is 0 Å². The molecule has 0 heterocycles. The van der Waals surface area contributed by atoms with E-state index < -0.39 is 17.6 Å². The van der Waals surface area contributed by atoms with Gasteiger partial charge in [0, 0.05) is 18.3 Å². The molecule has 0 unspecified atom stereocenters. The average molecular weight is 302 g/mol. The molecule has 21 heavy (non-hydrogen) atoms. The van der Waals surface area contributed by atoms with Gasteiger partial charge < -0.3 is 10.6 Å². The number of halogens is 3. The highest BCUT2D eigenvalue weighted by atomic mass is 19.4. The van der Waals surface area contributed by atoms with Crippen LogP contribution in [0.2, 0.25) is 0 Å². The van der Waals surface area contributed by atoms with Crippen LogP contribution in [0.25, 0.3) is 0 Å². The molecule has 0 radical (unpaired) electrons. The Hall–Kier alpha value is -1.72. The summed E-state index contributed by atoms with van der Waals surface area (Å²) in [6.45, 7) is 6.19. The second-order valence-corrected chi connectivity index (χ2v) is 4.78. The Morgan fingerprint density at radius 3 is 2.29 bits per heavy atom. The fraction of sp³-hybridized carbons (Fsp3) is 0.533. The van der Waals surface area contributed by atoms with Gasteiger partial charge in [0.05, 0.1) is 11.1 Å². The maximum Gasteiger partial charge on any atom is 0.416 e. The standard InChI is InChI=1S/C15H21F3N2O/c1-4-11(5-2)20-14(21)12-9-10(15(16,17)18)7-8-13(12)19-6-3/h7-9,11,19H,4-6H2,1-3H3,(H,20,21). The first-order valence-electron chi connectivity index (χ1n) is 7.09. The summed E-state index contributed by atoms with van der Waals surface area (Å²) >= 11 is 0. The molecule has 0 fully saturated rings. The van der Waals surface area contributed by atoms with Gasteiger partial charge in [-0.05, 0) is 38.0 Å². The van der Waals surface area contributed by atoms with E-state index in [0.29, 0.717) is 12.2 Å². The fourth-order valence-corrected chi connectivity index (χ4v) is 2.01. The Morgan fingerprint density at radius 1 is 1.19 bits per heavy atom. The van der Waals surface area contributed by atoms with E-state index in [0.717, 1.165) is 25.0 Å². The van der Waals surface area contributed by atoms with Crippen molar-refractivity contribution >= 4 is 11.6 Å². The van der Waals surface area contributed by atoms with E-state index in [1.54, 1.807) is 0 Å². The smallest absolute Gasteiger partial charge is 0.385 e. The van der Waals surface area contributed by atoms with Crippen molar-refractivity contribution in [3.05, 3.63) is 29.3 Å². The first-order valence-corrected chi connectivity index (χ1v) is 7.09. The molecule has 0 aliphatic heterocycles. The third kappa shape index (κ3) is 4.65. The van der Waals surface area contributed by atoms with Crippen molar-refractivity contribution < 1.29 is 18.0 Å². The largest absolute Gasteiger partial charge is 0.416 e. The molecule has 1 aromatic carbocycles. The lowest BCUT2D eigenvalue weighted by atomic mass is 10.1. The molecule has 0 atom stereocenters. The second kappa shape index (κ2) is 7.33. The van der Waals surface area contributed by atoms with Crippen LogP contribution < -0.4 is 10.6 Å². The van der Waals surface area contributed by atoms with Crippen LogP contribution in [0.4, 0.5) is 18.9 Å². The zero-order chi connectivity index (χ0) is 16.0. The minimum Gasteiger partial charge on any atom is -0.385 e. The lowest BCUT2D eigenvalue weighted by molar-refractivity contribution is -0.137. The first-order chi connectivity index (χ1) is 9.83. The molecule has 3 nitrogen and oxygen atoms in total. The summed E-state index contributed by atoms with van der Waals surface area (Å²) in [6, 6.07) is 3.14. The van der Waals surface area contributed by atoms with E-state index >= 15 is 0 Å². The zero-order valence-corrected chi connectivity index (χ0v) is 12.5. The second-order valence-electron chi connectivity index (χ2n) is 4.78. The number of carbonyl (C=O) groups is 1. The summed E-state index contributed by atoms with van der Waals surface area (Å²) in [7, 11) is 0. The van der Waals surface area contributed by atoms with Gasteiger partial charge in [0.15, 0.2) is 0 Å². The van der Waals surface area contributed by atoms with Crippen molar-refractivity contribution in [2.45, 2.75) is 45.8 Å². The summed E-state index contributed by atoms with van der Waals surface area (Å²) in [5.74, 6) is -0.481. The fourth-order valence-electron chi connectivity index (χ4n) is 2.01. The normalized spacial score (nSPS) is 11.6. The molecule has 0 aliphatic rings. The lowest BCUT2D eigenvalue weighted by Crippen LogP contribution is -2.34. The number of nitrogens with one attached hydrogen (secondary N) is 2. The molecular formula is C15H21F3N2O. The highest BCUT2D eigenvalue weighted by molar-refractivity contribution is 6.00. The minimum atomic E-state index is -4.46. The molecule has 1 amide bonds. The highest BCUT2D eigenvalue weighted by Gasteiger charge is 2.31. The van der Waals surface area contributed by atoms with Crippen LogP contribution in [0.15, 0.2) is 18.2 Å². The van der Waals surface area contributed by atoms with Gasteiger partial charge in [-0.3, -0.25) is 4.79 Å². The number of carbonyl (C=O) groups excluding carboxylic acids is 1. The monoisotopic (exact) mass is 302 g/mol. The predicted molar refractivity (Wildman–Crippen MR) is 77.4 cm³/mol. The van der Waals surface area contributed by atoms with Gasteiger partial charge in [-0.25, -0.2) is 0 Å². The molecule has 0 aliphatic carbocycles. The molecular weight excluding hydrogens is 281 g/mol. The summed E-state index contributed by atoms with van der Waals surface area (Å²) in [5, 5.41) is 5.68. The van der Waals surface area contributed by atoms with E-state index in [4.69, 9.17) is 0 Å². The van der Waals surface area contributed by atoms with Crippen LogP contribution in [0.1, 0.15) is 49.5 Å². The van der Waals surface area contributed by atoms with E-state index in [9.17, 15) is 18.0 Å². The van der Waals surface area contributed by atoms with Gasteiger partial charge in [-0.1, -0.05) is 13.8 Å². The van der Waals surface area contributed by atoms with Crippen LogP contribution in [-0.2, 0) is 6.18 Å². The van der Waals surface area contributed by atoms with Crippen LogP contribution in [0, 0.1) is 0 Å². The molecule has 118 valence electrons. The van der Waals surface area contributed by atoms with Gasteiger partial charge in [0.1, 0.15) is 0 Å². The van der Waals surface area contributed by atoms with Gasteiger partial charge in [-0.2, -0.15) is 13.2 Å². The van der Waals surface area contributed by atoms with Crippen molar-refractivity contribution in [2.24, 2.45) is 0 Å². The van der Waals surface area contributed by atoms with Crippen molar-refractivity contribution in [1.29, 1.82) is 0 Å². The van der Waals surface area contributed by atoms with Crippen molar-refractivity contribution in [3.8, 4) is 0 Å². The van der Waals surface area contributed by atoms with E-state index in [1.165, 1.54) is 6.07 Å². The molecule has 6 heteroatoms. The van der Waals surface area contributed by atoms with Crippen LogP contribution in [-0.4, -0.2) is 18.5 Å². The predicted octanol–water partition coefficient (Wildman–Crippen LogP) is 4.06. The Balaban J connectivity index is 3.13. The van der Waals surface area contributed by atoms with E-state index in [-0.39, 0.29) is 11.6 Å². The SMILES string of the molecule is CCNc1ccc(C(F)(F)F)cc1C(=O)NC(CC)CC. The Labute approximate surface area is 122 Å². The lowest BCUT2D eigenvalue weighted by Gasteiger charge is -2.18. The summed E-state index contributed by atoms with van der Waals surface area (Å²) in [5.41, 5.74) is -0.383. The molecule has 0 saturated carbocycles. The topological polar surface area (TPSA) is 41.1 Å². The molecule has 0 spiro atoms. The van der Waals surface area contributed by atoms with Crippen LogP contribution in [0.5, 0.6) is 0 Å². The Kier molecular flexibility index (Phi) is 6.05. The maximum absolute atomic E-state index is 12.8. The van der Waals surface area contributed by atoms with Gasteiger partial charge >= 0.3 is 6.18 Å². The molecule has 2 N–H and O–H groups in total. The average Bonchev–Trinajstić information content (AvgIpc) is 2.44. The first kappa shape index (κ1) is 17.3. The molecule has 0 saturated heterocycles. The Morgan fingerprint density at radius 2 is 1.81 bits per heavy atom. The quantitative estimate of drug-likeness (QED) is 0.832. The number of hydrogen-bond donors (Lipinski definition) is 2. The number of hydrogen-bond acceptors (Lipinski definition) is 2. The minimum absolute atomic E-state index is 0.0265. The Bertz CT molecular complexity index is 482. The molecule has 1 aromatic rings. The van der Waals surface area contributed by atoms with Crippen molar-refractivity contribution in [1.82, 2.24) is 5.32 Å². The van der Waals surface area contributed by atoms with Crippen molar-refractivity contribution in [2.75, 3.05) is 11.9 Å². The van der Waals surface area contributed by atoms with E-state index in [1.807, 2.05) is 20.8 Å². The number of amides is 1. The van der Waals surface area contributed by atoms with Crippen LogP contribution in [0.3, 0.4) is 0 Å². The number of benzene rings is 1. The summed E-state index contributed by atoms with van der Waals surface area (Å²) in [6.07, 6.45) is -3.00. The van der Waals surface area contributed by atoms with Gasteiger partial charge in [-0.15, -0.1) is 0 Å². The summed E-state index contributed by atoms with van der Waals surface area (Å²) in [4.78, 5) is 12.2. The number of anilines is 1. The molecule has 0 aromatic heterocycles. The van der Waals surface area contributed by atoms with Crippen molar-refractivity contribution in [3.63, 3.8) is 0 Å².